The third-order valence-corrected chi connectivity index (χ3v) is 3.02. The Balaban J connectivity index is 2.10. The van der Waals surface area contributed by atoms with E-state index >= 15 is 0 Å². The predicted molar refractivity (Wildman–Crippen MR) is 76.2 cm³/mol. The van der Waals surface area contributed by atoms with E-state index in [0.717, 1.165) is 5.56 Å². The minimum absolute atomic E-state index is 0.0122. The van der Waals surface area contributed by atoms with E-state index in [1.807, 2.05) is 6.07 Å². The Hall–Kier alpha value is -3.22. The van der Waals surface area contributed by atoms with Gasteiger partial charge in [0.05, 0.1) is 10.5 Å². The smallest absolute Gasteiger partial charge is 0.269 e. The van der Waals surface area contributed by atoms with Crippen LogP contribution in [0.5, 0.6) is 0 Å². The normalized spacial score (nSPS) is 10.5. The molecule has 0 saturated heterocycles. The quantitative estimate of drug-likeness (QED) is 0.584. The molecule has 0 aliphatic rings. The molecule has 7 nitrogen and oxygen atoms in total. The highest BCUT2D eigenvalue weighted by molar-refractivity contribution is 5.86. The lowest BCUT2D eigenvalue weighted by Crippen LogP contribution is -1.90. The Kier molecular flexibility index (Phi) is 3.07. The van der Waals surface area contributed by atoms with Crippen molar-refractivity contribution in [2.24, 2.45) is 0 Å². The number of nitrogens with zero attached hydrogens (tertiary/aromatic N) is 3. The number of nitrogens with two attached hydrogens (primary N) is 1. The van der Waals surface area contributed by atoms with Gasteiger partial charge in [0.25, 0.3) is 5.69 Å². The second kappa shape index (κ2) is 5.04. The van der Waals surface area contributed by atoms with Gasteiger partial charge in [0.15, 0.2) is 0 Å². The predicted octanol–water partition coefficient (Wildman–Crippen LogP) is 2.89. The molecule has 0 spiro atoms. The van der Waals surface area contributed by atoms with Crippen molar-refractivity contribution in [1.29, 1.82) is 0 Å². The Labute approximate surface area is 119 Å². The van der Waals surface area contributed by atoms with Gasteiger partial charge >= 0.3 is 0 Å². The molecule has 0 fully saturated rings. The zero-order chi connectivity index (χ0) is 14.8. The highest BCUT2D eigenvalue weighted by Gasteiger charge is 2.18. The summed E-state index contributed by atoms with van der Waals surface area (Å²) in [5.74, 6) is 0.177. The number of hydrogen-bond donors (Lipinski definition) is 1. The first-order chi connectivity index (χ1) is 10.2. The van der Waals surface area contributed by atoms with Gasteiger partial charge < -0.3 is 10.3 Å². The molecule has 1 aromatic carbocycles. The molecule has 3 aromatic rings. The van der Waals surface area contributed by atoms with Crippen LogP contribution in [0.4, 0.5) is 11.6 Å². The van der Waals surface area contributed by atoms with E-state index in [0.29, 0.717) is 16.8 Å². The fourth-order valence-corrected chi connectivity index (χ4v) is 2.03. The Morgan fingerprint density at radius 1 is 1.14 bits per heavy atom. The Morgan fingerprint density at radius 3 is 2.52 bits per heavy atom. The van der Waals surface area contributed by atoms with Gasteiger partial charge in [0.2, 0.25) is 5.88 Å². The van der Waals surface area contributed by atoms with Crippen LogP contribution in [0.2, 0.25) is 0 Å². The maximum Gasteiger partial charge on any atom is 0.269 e. The van der Waals surface area contributed by atoms with E-state index in [9.17, 15) is 10.1 Å². The minimum Gasteiger partial charge on any atom is -0.367 e. The number of rotatable bonds is 3. The largest absolute Gasteiger partial charge is 0.367 e. The summed E-state index contributed by atoms with van der Waals surface area (Å²) in [6, 6.07) is 9.65. The van der Waals surface area contributed by atoms with E-state index in [2.05, 4.69) is 10.1 Å². The lowest BCUT2D eigenvalue weighted by molar-refractivity contribution is -0.384. The molecule has 104 valence electrons. The molecule has 21 heavy (non-hydrogen) atoms. The summed E-state index contributed by atoms with van der Waals surface area (Å²) >= 11 is 0. The highest BCUT2D eigenvalue weighted by atomic mass is 16.6. The monoisotopic (exact) mass is 282 g/mol. The van der Waals surface area contributed by atoms with Crippen LogP contribution >= 0.6 is 0 Å². The molecule has 0 unspecified atom stereocenters. The molecule has 2 aromatic heterocycles. The van der Waals surface area contributed by atoms with Crippen molar-refractivity contribution in [2.45, 2.75) is 0 Å². The second-order valence-electron chi connectivity index (χ2n) is 4.32. The van der Waals surface area contributed by atoms with Gasteiger partial charge in [0.1, 0.15) is 5.69 Å². The minimum atomic E-state index is -0.455. The van der Waals surface area contributed by atoms with Crippen LogP contribution in [0, 0.1) is 10.1 Å². The van der Waals surface area contributed by atoms with Crippen molar-refractivity contribution in [1.82, 2.24) is 10.1 Å². The maximum atomic E-state index is 10.7. The van der Waals surface area contributed by atoms with Gasteiger partial charge in [-0.15, -0.1) is 0 Å². The molecule has 7 heteroatoms. The van der Waals surface area contributed by atoms with E-state index in [-0.39, 0.29) is 11.6 Å². The molecule has 0 saturated carbocycles. The van der Waals surface area contributed by atoms with Gasteiger partial charge in [-0.2, -0.15) is 0 Å². The van der Waals surface area contributed by atoms with Gasteiger partial charge in [0, 0.05) is 35.7 Å². The zero-order valence-corrected chi connectivity index (χ0v) is 10.8. The van der Waals surface area contributed by atoms with E-state index in [4.69, 9.17) is 10.3 Å². The van der Waals surface area contributed by atoms with Crippen LogP contribution < -0.4 is 5.73 Å². The Morgan fingerprint density at radius 2 is 1.90 bits per heavy atom. The fraction of sp³-hybridized carbons (Fsp3) is 0. The molecular weight excluding hydrogens is 272 g/mol. The summed E-state index contributed by atoms with van der Waals surface area (Å²) in [7, 11) is 0. The van der Waals surface area contributed by atoms with Crippen LogP contribution in [-0.4, -0.2) is 15.1 Å². The first kappa shape index (κ1) is 12.8. The third-order valence-electron chi connectivity index (χ3n) is 3.02. The summed E-state index contributed by atoms with van der Waals surface area (Å²) in [4.78, 5) is 14.3. The number of non-ortho nitro benzene ring substituents is 1. The van der Waals surface area contributed by atoms with Crippen molar-refractivity contribution >= 4 is 11.6 Å². The number of hydrogen-bond acceptors (Lipinski definition) is 6. The van der Waals surface area contributed by atoms with Crippen molar-refractivity contribution in [2.75, 3.05) is 5.73 Å². The fourth-order valence-electron chi connectivity index (χ4n) is 2.03. The van der Waals surface area contributed by atoms with Crippen LogP contribution in [0.3, 0.4) is 0 Å². The number of benzene rings is 1. The third kappa shape index (κ3) is 2.32. The standard InChI is InChI=1S/C14H10N4O3/c15-14-12(10-2-1-7-16-8-10)13(17-21-14)9-3-5-11(6-4-9)18(19)20/h1-8H,15H2. The molecule has 3 rings (SSSR count). The molecule has 0 bridgehead atoms. The average molecular weight is 282 g/mol. The van der Waals surface area contributed by atoms with Gasteiger partial charge in [-0.1, -0.05) is 11.2 Å². The highest BCUT2D eigenvalue weighted by Crippen LogP contribution is 2.36. The average Bonchev–Trinajstić information content (AvgIpc) is 2.90. The number of pyridine rings is 1. The summed E-state index contributed by atoms with van der Waals surface area (Å²) in [5, 5.41) is 14.6. The molecule has 2 N–H and O–H groups in total. The molecular formula is C14H10N4O3. The van der Waals surface area contributed by atoms with Gasteiger partial charge in [-0.05, 0) is 18.2 Å². The SMILES string of the molecule is Nc1onc(-c2ccc([N+](=O)[O-])cc2)c1-c1cccnc1. The number of aromatic nitrogens is 2. The maximum absolute atomic E-state index is 10.7. The summed E-state index contributed by atoms with van der Waals surface area (Å²) in [5.41, 5.74) is 8.43. The van der Waals surface area contributed by atoms with Crippen LogP contribution in [-0.2, 0) is 0 Å². The van der Waals surface area contributed by atoms with E-state index in [1.165, 1.54) is 12.1 Å². The van der Waals surface area contributed by atoms with Crippen molar-refractivity contribution < 1.29 is 9.45 Å². The molecule has 0 radical (unpaired) electrons. The van der Waals surface area contributed by atoms with Crippen molar-refractivity contribution in [3.63, 3.8) is 0 Å². The molecule has 2 heterocycles. The van der Waals surface area contributed by atoms with Gasteiger partial charge in [-0.25, -0.2) is 0 Å². The first-order valence-electron chi connectivity index (χ1n) is 6.07. The molecule has 0 atom stereocenters. The summed E-state index contributed by atoms with van der Waals surface area (Å²) in [6.07, 6.45) is 3.30. The molecule has 0 amide bonds. The van der Waals surface area contributed by atoms with E-state index < -0.39 is 4.92 Å². The number of nitrogen functional groups attached to an aromatic ring is 1. The van der Waals surface area contributed by atoms with Crippen LogP contribution in [0.15, 0.2) is 53.3 Å². The van der Waals surface area contributed by atoms with Gasteiger partial charge in [-0.3, -0.25) is 15.1 Å². The van der Waals surface area contributed by atoms with E-state index in [1.54, 1.807) is 30.6 Å². The second-order valence-corrected chi connectivity index (χ2v) is 4.32. The summed E-state index contributed by atoms with van der Waals surface area (Å²) in [6.45, 7) is 0. The first-order valence-corrected chi connectivity index (χ1v) is 6.07. The molecule has 0 aliphatic heterocycles. The topological polar surface area (TPSA) is 108 Å². The van der Waals surface area contributed by atoms with Crippen molar-refractivity contribution in [3.8, 4) is 22.4 Å². The lowest BCUT2D eigenvalue weighted by Gasteiger charge is -2.02. The van der Waals surface area contributed by atoms with Crippen LogP contribution in [0.25, 0.3) is 22.4 Å². The number of nitro benzene ring substituents is 1. The lowest BCUT2D eigenvalue weighted by atomic mass is 10.0. The number of anilines is 1. The zero-order valence-electron chi connectivity index (χ0n) is 10.8. The summed E-state index contributed by atoms with van der Waals surface area (Å²) < 4.78 is 5.05. The number of nitro groups is 1. The van der Waals surface area contributed by atoms with Crippen molar-refractivity contribution in [3.05, 3.63) is 58.9 Å². The molecule has 0 aliphatic carbocycles. The van der Waals surface area contributed by atoms with Crippen LogP contribution in [0.1, 0.15) is 0 Å². The Bertz CT molecular complexity index is 782.